The van der Waals surface area contributed by atoms with Crippen LogP contribution in [0.3, 0.4) is 0 Å². The van der Waals surface area contributed by atoms with Crippen LogP contribution in [-0.2, 0) is 12.7 Å². The molecule has 1 aromatic heterocycles. The van der Waals surface area contributed by atoms with Crippen molar-refractivity contribution in [2.45, 2.75) is 32.6 Å². The van der Waals surface area contributed by atoms with Crippen molar-refractivity contribution in [1.29, 1.82) is 0 Å². The first-order valence-corrected chi connectivity index (χ1v) is 7.89. The number of hydrogen-bond donors (Lipinski definition) is 1. The molecule has 1 heterocycles. The van der Waals surface area contributed by atoms with Gasteiger partial charge in [0.1, 0.15) is 0 Å². The number of benzene rings is 1. The molecule has 2 rings (SSSR count). The van der Waals surface area contributed by atoms with Gasteiger partial charge in [-0.3, -0.25) is 5.32 Å². The van der Waals surface area contributed by atoms with Crippen LogP contribution in [0.2, 0.25) is 10.0 Å². The minimum absolute atomic E-state index is 0.181. The van der Waals surface area contributed by atoms with Crippen LogP contribution < -0.4 is 5.32 Å². The molecule has 0 aliphatic carbocycles. The van der Waals surface area contributed by atoms with E-state index in [4.69, 9.17) is 23.2 Å². The van der Waals surface area contributed by atoms with Crippen molar-refractivity contribution in [3.05, 3.63) is 45.6 Å². The lowest BCUT2D eigenvalue weighted by atomic mass is 10.2. The number of amides is 2. The van der Waals surface area contributed by atoms with Crippen molar-refractivity contribution in [1.82, 2.24) is 10.1 Å². The highest BCUT2D eigenvalue weighted by atomic mass is 35.5. The Morgan fingerprint density at radius 2 is 1.96 bits per heavy atom. The summed E-state index contributed by atoms with van der Waals surface area (Å²) in [4.78, 5) is 13.8. The number of halogens is 5. The third-order valence-electron chi connectivity index (χ3n) is 3.25. The maximum absolute atomic E-state index is 12.5. The van der Waals surface area contributed by atoms with E-state index in [9.17, 15) is 18.0 Å². The minimum Gasteiger partial charge on any atom is -0.338 e. The molecule has 2 aromatic rings. The van der Waals surface area contributed by atoms with E-state index in [-0.39, 0.29) is 12.6 Å². The number of urea groups is 1. The van der Waals surface area contributed by atoms with Crippen LogP contribution in [0, 0.1) is 0 Å². The van der Waals surface area contributed by atoms with E-state index in [1.807, 2.05) is 0 Å². The third kappa shape index (κ3) is 5.02. The number of carbonyl (C=O) groups excluding carboxylic acids is 1. The zero-order valence-electron chi connectivity index (χ0n) is 13.2. The van der Waals surface area contributed by atoms with Crippen LogP contribution in [0.15, 0.2) is 28.8 Å². The Bertz CT molecular complexity index is 763. The molecule has 0 spiro atoms. The molecule has 1 N–H and O–H groups in total. The fraction of sp³-hybridized carbons (Fsp3) is 0.333. The van der Waals surface area contributed by atoms with Crippen molar-refractivity contribution in [2.75, 3.05) is 5.32 Å². The second-order valence-corrected chi connectivity index (χ2v) is 6.29. The molecule has 0 atom stereocenters. The monoisotopic (exact) mass is 395 g/mol. The summed E-state index contributed by atoms with van der Waals surface area (Å²) in [5.41, 5.74) is -0.504. The van der Waals surface area contributed by atoms with Gasteiger partial charge in [0.15, 0.2) is 5.69 Å². The van der Waals surface area contributed by atoms with Crippen LogP contribution >= 0.6 is 23.2 Å². The second kappa shape index (κ2) is 7.53. The number of anilines is 1. The highest BCUT2D eigenvalue weighted by Crippen LogP contribution is 2.30. The Morgan fingerprint density at radius 1 is 1.28 bits per heavy atom. The fourth-order valence-electron chi connectivity index (χ4n) is 1.97. The van der Waals surface area contributed by atoms with Gasteiger partial charge >= 0.3 is 12.2 Å². The Morgan fingerprint density at radius 3 is 2.48 bits per heavy atom. The van der Waals surface area contributed by atoms with E-state index in [0.29, 0.717) is 21.7 Å². The third-order valence-corrected chi connectivity index (χ3v) is 3.99. The summed E-state index contributed by atoms with van der Waals surface area (Å²) in [6.07, 6.45) is -4.65. The molecular formula is C15H14Cl2F3N3O2. The summed E-state index contributed by atoms with van der Waals surface area (Å²) in [6, 6.07) is 4.66. The number of nitrogens with zero attached hydrogens (tertiary/aromatic N) is 2. The number of carbonyl (C=O) groups is 1. The molecule has 0 aliphatic heterocycles. The van der Waals surface area contributed by atoms with Crippen LogP contribution in [0.25, 0.3) is 0 Å². The van der Waals surface area contributed by atoms with Gasteiger partial charge in [-0.05, 0) is 31.5 Å². The van der Waals surface area contributed by atoms with Gasteiger partial charge in [0.2, 0.25) is 5.88 Å². The van der Waals surface area contributed by atoms with Crippen LogP contribution in [0.4, 0.5) is 23.8 Å². The lowest BCUT2D eigenvalue weighted by molar-refractivity contribution is -0.142. The summed E-state index contributed by atoms with van der Waals surface area (Å²) < 4.78 is 42.1. The van der Waals surface area contributed by atoms with E-state index < -0.39 is 23.8 Å². The summed E-state index contributed by atoms with van der Waals surface area (Å²) in [5, 5.41) is 5.87. The maximum Gasteiger partial charge on any atom is 0.436 e. The molecule has 0 saturated heterocycles. The SMILES string of the molecule is CC(C)N(Cc1ccc(Cl)c(Cl)c1)C(=O)Nc1cc(C(F)(F)F)no1. The van der Waals surface area contributed by atoms with Gasteiger partial charge in [-0.25, -0.2) is 4.79 Å². The van der Waals surface area contributed by atoms with Gasteiger partial charge in [0.05, 0.1) is 10.0 Å². The Hall–Kier alpha value is -1.93. The van der Waals surface area contributed by atoms with Gasteiger partial charge in [-0.15, -0.1) is 0 Å². The highest BCUT2D eigenvalue weighted by Gasteiger charge is 2.35. The molecule has 0 radical (unpaired) electrons. The number of hydrogen-bond acceptors (Lipinski definition) is 3. The lowest BCUT2D eigenvalue weighted by Gasteiger charge is -2.26. The zero-order chi connectivity index (χ0) is 18.8. The molecule has 2 amide bonds. The van der Waals surface area contributed by atoms with Gasteiger partial charge in [0.25, 0.3) is 0 Å². The molecule has 0 unspecified atom stereocenters. The maximum atomic E-state index is 12.5. The van der Waals surface area contributed by atoms with Crippen molar-refractivity contribution in [2.24, 2.45) is 0 Å². The smallest absolute Gasteiger partial charge is 0.338 e. The molecule has 0 saturated carbocycles. The standard InChI is InChI=1S/C15H14Cl2F3N3O2/c1-8(2)23(7-9-3-4-10(16)11(17)5-9)14(24)21-13-6-12(22-25-13)15(18,19)20/h3-6,8H,7H2,1-2H3,(H,21,24). The van der Waals surface area contributed by atoms with Gasteiger partial charge in [-0.2, -0.15) is 13.2 Å². The average Bonchev–Trinajstić information content (AvgIpc) is 2.96. The Kier molecular flexibility index (Phi) is 5.84. The quantitative estimate of drug-likeness (QED) is 0.749. The van der Waals surface area contributed by atoms with E-state index in [1.54, 1.807) is 32.0 Å². The topological polar surface area (TPSA) is 58.4 Å². The fourth-order valence-corrected chi connectivity index (χ4v) is 2.29. The van der Waals surface area contributed by atoms with Crippen molar-refractivity contribution >= 4 is 35.1 Å². The van der Waals surface area contributed by atoms with E-state index in [1.165, 1.54) is 4.90 Å². The first-order chi connectivity index (χ1) is 11.6. The van der Waals surface area contributed by atoms with Crippen LogP contribution in [-0.4, -0.2) is 22.1 Å². The highest BCUT2D eigenvalue weighted by molar-refractivity contribution is 6.42. The van der Waals surface area contributed by atoms with Gasteiger partial charge < -0.3 is 9.42 Å². The van der Waals surface area contributed by atoms with Gasteiger partial charge in [0, 0.05) is 18.7 Å². The first kappa shape index (κ1) is 19.4. The number of alkyl halides is 3. The Balaban J connectivity index is 2.12. The predicted octanol–water partition coefficient (Wildman–Crippen LogP) is 5.44. The normalized spacial score (nSPS) is 11.7. The summed E-state index contributed by atoms with van der Waals surface area (Å²) >= 11 is 11.8. The molecule has 136 valence electrons. The molecule has 0 aliphatic rings. The molecular weight excluding hydrogens is 382 g/mol. The van der Waals surface area contributed by atoms with E-state index >= 15 is 0 Å². The first-order valence-electron chi connectivity index (χ1n) is 7.13. The van der Waals surface area contributed by atoms with Crippen LogP contribution in [0.1, 0.15) is 25.1 Å². The van der Waals surface area contributed by atoms with E-state index in [2.05, 4.69) is 15.0 Å². The summed E-state index contributed by atoms with van der Waals surface area (Å²) in [7, 11) is 0. The zero-order valence-corrected chi connectivity index (χ0v) is 14.7. The van der Waals surface area contributed by atoms with Crippen molar-refractivity contribution in [3.63, 3.8) is 0 Å². The Labute approximate surface area is 151 Å². The van der Waals surface area contributed by atoms with Gasteiger partial charge in [-0.1, -0.05) is 34.4 Å². The molecule has 10 heteroatoms. The predicted molar refractivity (Wildman–Crippen MR) is 87.7 cm³/mol. The number of aromatic nitrogens is 1. The molecule has 5 nitrogen and oxygen atoms in total. The molecule has 25 heavy (non-hydrogen) atoms. The van der Waals surface area contributed by atoms with Crippen molar-refractivity contribution < 1.29 is 22.5 Å². The van der Waals surface area contributed by atoms with Crippen LogP contribution in [0.5, 0.6) is 0 Å². The largest absolute Gasteiger partial charge is 0.436 e. The minimum atomic E-state index is -4.65. The number of nitrogens with one attached hydrogen (secondary N) is 1. The summed E-state index contributed by atoms with van der Waals surface area (Å²) in [5.74, 6) is -0.392. The summed E-state index contributed by atoms with van der Waals surface area (Å²) in [6.45, 7) is 3.71. The van der Waals surface area contributed by atoms with Crippen molar-refractivity contribution in [3.8, 4) is 0 Å². The van der Waals surface area contributed by atoms with E-state index in [0.717, 1.165) is 0 Å². The molecule has 1 aromatic carbocycles. The molecule has 0 fully saturated rings. The molecule has 0 bridgehead atoms. The lowest BCUT2D eigenvalue weighted by Crippen LogP contribution is -2.39. The average molecular weight is 396 g/mol. The second-order valence-electron chi connectivity index (χ2n) is 5.47. The number of rotatable bonds is 4.